The first kappa shape index (κ1) is 20.7. The van der Waals surface area contributed by atoms with Gasteiger partial charge in [-0.15, -0.1) is 0 Å². The van der Waals surface area contributed by atoms with Crippen LogP contribution in [0, 0.1) is 0 Å². The topological polar surface area (TPSA) is 55.4 Å². The van der Waals surface area contributed by atoms with Gasteiger partial charge in [0.15, 0.2) is 0 Å². The highest BCUT2D eigenvalue weighted by Crippen LogP contribution is 2.20. The van der Waals surface area contributed by atoms with Crippen molar-refractivity contribution in [2.45, 2.75) is 58.6 Å². The van der Waals surface area contributed by atoms with Gasteiger partial charge in [-0.3, -0.25) is 4.79 Å². The Labute approximate surface area is 161 Å². The Morgan fingerprint density at radius 1 is 0.963 bits per heavy atom. The van der Waals surface area contributed by atoms with E-state index in [4.69, 9.17) is 4.74 Å². The number of benzene rings is 2. The van der Waals surface area contributed by atoms with Gasteiger partial charge in [-0.1, -0.05) is 61.5 Å². The fourth-order valence-electron chi connectivity index (χ4n) is 2.76. The van der Waals surface area contributed by atoms with Gasteiger partial charge in [-0.05, 0) is 43.9 Å². The van der Waals surface area contributed by atoms with Crippen LogP contribution in [0.5, 0.6) is 0 Å². The van der Waals surface area contributed by atoms with Gasteiger partial charge in [0.25, 0.3) is 0 Å². The van der Waals surface area contributed by atoms with Crippen LogP contribution in [0.25, 0.3) is 11.1 Å². The number of nitrogens with one attached hydrogen (secondary N) is 1. The first-order valence-corrected chi connectivity index (χ1v) is 9.45. The van der Waals surface area contributed by atoms with E-state index in [9.17, 15) is 9.59 Å². The van der Waals surface area contributed by atoms with E-state index in [-0.39, 0.29) is 5.91 Å². The molecule has 0 aliphatic carbocycles. The average molecular weight is 367 g/mol. The molecule has 0 saturated heterocycles. The van der Waals surface area contributed by atoms with E-state index in [0.29, 0.717) is 12.8 Å². The zero-order chi connectivity index (χ0) is 19.9. The van der Waals surface area contributed by atoms with Crippen LogP contribution >= 0.6 is 0 Å². The molecular weight excluding hydrogens is 338 g/mol. The number of ether oxygens (including phenoxy) is 1. The standard InChI is InChI=1S/C23H29NO3/c1-5-9-21(25)24-20(22(26)27-23(2,3)4)16-17-12-14-19(15-13-17)18-10-7-6-8-11-18/h6-8,10-15,20H,5,9,16H2,1-4H3,(H,24,25). The van der Waals surface area contributed by atoms with Gasteiger partial charge in [0, 0.05) is 12.8 Å². The van der Waals surface area contributed by atoms with Crippen LogP contribution < -0.4 is 5.32 Å². The molecular formula is C23H29NO3. The maximum absolute atomic E-state index is 12.6. The maximum Gasteiger partial charge on any atom is 0.329 e. The fraction of sp³-hybridized carbons (Fsp3) is 0.391. The number of hydrogen-bond donors (Lipinski definition) is 1. The van der Waals surface area contributed by atoms with Crippen molar-refractivity contribution >= 4 is 11.9 Å². The van der Waals surface area contributed by atoms with Crippen molar-refractivity contribution in [3.8, 4) is 11.1 Å². The number of rotatable bonds is 7. The molecule has 144 valence electrons. The summed E-state index contributed by atoms with van der Waals surface area (Å²) in [5, 5.41) is 2.82. The SMILES string of the molecule is CCCC(=O)NC(Cc1ccc(-c2ccccc2)cc1)C(=O)OC(C)(C)C. The third-order valence-electron chi connectivity index (χ3n) is 4.00. The Hall–Kier alpha value is -2.62. The number of carbonyl (C=O) groups excluding carboxylic acids is 2. The van der Waals surface area contributed by atoms with Gasteiger partial charge in [0.1, 0.15) is 11.6 Å². The molecule has 1 unspecified atom stereocenters. The molecule has 0 aromatic heterocycles. The van der Waals surface area contributed by atoms with Gasteiger partial charge in [0.05, 0.1) is 0 Å². The summed E-state index contributed by atoms with van der Waals surface area (Å²) in [6.45, 7) is 7.41. The number of carbonyl (C=O) groups is 2. The lowest BCUT2D eigenvalue weighted by Crippen LogP contribution is -2.45. The van der Waals surface area contributed by atoms with Gasteiger partial charge >= 0.3 is 5.97 Å². The lowest BCUT2D eigenvalue weighted by atomic mass is 10.0. The minimum absolute atomic E-state index is 0.130. The van der Waals surface area contributed by atoms with Gasteiger partial charge in [0.2, 0.25) is 5.91 Å². The van der Waals surface area contributed by atoms with E-state index < -0.39 is 17.6 Å². The average Bonchev–Trinajstić information content (AvgIpc) is 2.61. The van der Waals surface area contributed by atoms with E-state index in [0.717, 1.165) is 23.1 Å². The summed E-state index contributed by atoms with van der Waals surface area (Å²) in [5.41, 5.74) is 2.64. The molecule has 0 radical (unpaired) electrons. The normalized spacial score (nSPS) is 12.3. The summed E-state index contributed by atoms with van der Waals surface area (Å²) < 4.78 is 5.49. The minimum Gasteiger partial charge on any atom is -0.458 e. The zero-order valence-electron chi connectivity index (χ0n) is 16.6. The summed E-state index contributed by atoms with van der Waals surface area (Å²) in [5.74, 6) is -0.534. The molecule has 4 nitrogen and oxygen atoms in total. The lowest BCUT2D eigenvalue weighted by molar-refractivity contribution is -0.158. The van der Waals surface area contributed by atoms with Crippen molar-refractivity contribution in [1.29, 1.82) is 0 Å². The molecule has 2 rings (SSSR count). The Bertz CT molecular complexity index is 745. The first-order chi connectivity index (χ1) is 12.8. The fourth-order valence-corrected chi connectivity index (χ4v) is 2.76. The minimum atomic E-state index is -0.689. The molecule has 4 heteroatoms. The summed E-state index contributed by atoms with van der Waals surface area (Å²) in [7, 11) is 0. The van der Waals surface area contributed by atoms with Crippen LogP contribution in [0.15, 0.2) is 54.6 Å². The molecule has 0 fully saturated rings. The van der Waals surface area contributed by atoms with Gasteiger partial charge in [-0.25, -0.2) is 4.79 Å². The highest BCUT2D eigenvalue weighted by atomic mass is 16.6. The monoisotopic (exact) mass is 367 g/mol. The smallest absolute Gasteiger partial charge is 0.329 e. The Balaban J connectivity index is 2.13. The van der Waals surface area contributed by atoms with Crippen molar-refractivity contribution in [2.75, 3.05) is 0 Å². The maximum atomic E-state index is 12.6. The second kappa shape index (κ2) is 9.36. The van der Waals surface area contributed by atoms with Crippen LogP contribution in [0.1, 0.15) is 46.1 Å². The second-order valence-corrected chi connectivity index (χ2v) is 7.67. The van der Waals surface area contributed by atoms with Gasteiger partial charge in [-0.2, -0.15) is 0 Å². The summed E-state index contributed by atoms with van der Waals surface area (Å²) >= 11 is 0. The number of hydrogen-bond acceptors (Lipinski definition) is 3. The van der Waals surface area contributed by atoms with E-state index in [2.05, 4.69) is 17.4 Å². The van der Waals surface area contributed by atoms with E-state index in [1.165, 1.54) is 0 Å². The third-order valence-corrected chi connectivity index (χ3v) is 4.00. The van der Waals surface area contributed by atoms with Crippen molar-refractivity contribution in [2.24, 2.45) is 0 Å². The molecule has 2 aromatic rings. The van der Waals surface area contributed by atoms with E-state index in [1.807, 2.05) is 70.2 Å². The zero-order valence-corrected chi connectivity index (χ0v) is 16.6. The van der Waals surface area contributed by atoms with Crippen LogP contribution in [-0.2, 0) is 20.7 Å². The molecule has 1 N–H and O–H groups in total. The van der Waals surface area contributed by atoms with E-state index >= 15 is 0 Å². The molecule has 0 spiro atoms. The molecule has 0 heterocycles. The predicted octanol–water partition coefficient (Wildman–Crippen LogP) is 4.52. The van der Waals surface area contributed by atoms with Crippen molar-refractivity contribution in [1.82, 2.24) is 5.32 Å². The Morgan fingerprint density at radius 3 is 2.11 bits per heavy atom. The molecule has 0 aliphatic heterocycles. The lowest BCUT2D eigenvalue weighted by Gasteiger charge is -2.24. The number of amides is 1. The first-order valence-electron chi connectivity index (χ1n) is 9.45. The Kier molecular flexibility index (Phi) is 7.17. The van der Waals surface area contributed by atoms with Crippen LogP contribution in [-0.4, -0.2) is 23.5 Å². The van der Waals surface area contributed by atoms with Crippen molar-refractivity contribution in [3.05, 3.63) is 60.2 Å². The summed E-state index contributed by atoms with van der Waals surface area (Å²) in [6, 6.07) is 17.5. The molecule has 0 bridgehead atoms. The molecule has 0 aliphatic rings. The van der Waals surface area contributed by atoms with Crippen LogP contribution in [0.2, 0.25) is 0 Å². The second-order valence-electron chi connectivity index (χ2n) is 7.67. The van der Waals surface area contributed by atoms with Crippen molar-refractivity contribution in [3.63, 3.8) is 0 Å². The molecule has 27 heavy (non-hydrogen) atoms. The molecule has 0 saturated carbocycles. The largest absolute Gasteiger partial charge is 0.458 e. The molecule has 2 aromatic carbocycles. The summed E-state index contributed by atoms with van der Waals surface area (Å²) in [6.07, 6.45) is 1.53. The highest BCUT2D eigenvalue weighted by molar-refractivity contribution is 5.84. The molecule has 1 amide bonds. The molecule has 1 atom stereocenters. The van der Waals surface area contributed by atoms with Crippen molar-refractivity contribution < 1.29 is 14.3 Å². The number of esters is 1. The highest BCUT2D eigenvalue weighted by Gasteiger charge is 2.26. The van der Waals surface area contributed by atoms with Crippen LogP contribution in [0.3, 0.4) is 0 Å². The predicted molar refractivity (Wildman–Crippen MR) is 108 cm³/mol. The van der Waals surface area contributed by atoms with Crippen LogP contribution in [0.4, 0.5) is 0 Å². The third kappa shape index (κ3) is 6.89. The Morgan fingerprint density at radius 2 is 1.56 bits per heavy atom. The van der Waals surface area contributed by atoms with E-state index in [1.54, 1.807) is 0 Å². The summed E-state index contributed by atoms with van der Waals surface area (Å²) in [4.78, 5) is 24.6. The quantitative estimate of drug-likeness (QED) is 0.732. The van der Waals surface area contributed by atoms with Gasteiger partial charge < -0.3 is 10.1 Å².